The molecule has 8 nitrogen and oxygen atoms in total. The molecule has 0 saturated carbocycles. The molecule has 0 unspecified atom stereocenters. The summed E-state index contributed by atoms with van der Waals surface area (Å²) in [5, 5.41) is 17.5. The summed E-state index contributed by atoms with van der Waals surface area (Å²) < 4.78 is 20.6. The van der Waals surface area contributed by atoms with E-state index in [1.54, 1.807) is 37.3 Å². The van der Waals surface area contributed by atoms with Crippen LogP contribution in [-0.4, -0.2) is 33.2 Å². The average Bonchev–Trinajstić information content (AvgIpc) is 3.15. The minimum Gasteiger partial charge on any atom is -0.495 e. The molecule has 0 radical (unpaired) electrons. The number of hydrogen-bond donors (Lipinski definition) is 2. The topological polar surface area (TPSA) is 94.0 Å². The number of rotatable bonds is 4. The van der Waals surface area contributed by atoms with Crippen LogP contribution in [0, 0.1) is 5.82 Å². The van der Waals surface area contributed by atoms with E-state index < -0.39 is 11.9 Å². The van der Waals surface area contributed by atoms with Gasteiger partial charge in [-0.15, -0.1) is 0 Å². The maximum Gasteiger partial charge on any atom is 0.255 e. The van der Waals surface area contributed by atoms with Crippen LogP contribution in [0.1, 0.15) is 18.5 Å². The van der Waals surface area contributed by atoms with Crippen LogP contribution in [0.3, 0.4) is 0 Å². The van der Waals surface area contributed by atoms with Gasteiger partial charge in [-0.25, -0.2) is 4.39 Å². The molecule has 142 valence electrons. The van der Waals surface area contributed by atoms with Crippen molar-refractivity contribution in [2.75, 3.05) is 17.7 Å². The molecule has 2 N–H and O–H groups in total. The van der Waals surface area contributed by atoms with Crippen LogP contribution in [0.4, 0.5) is 16.0 Å². The van der Waals surface area contributed by atoms with Gasteiger partial charge in [0, 0.05) is 5.70 Å². The van der Waals surface area contributed by atoms with Gasteiger partial charge in [-0.2, -0.15) is 4.68 Å². The number of hydrogen-bond acceptors (Lipinski definition) is 6. The second-order valence-corrected chi connectivity index (χ2v) is 6.22. The second-order valence-electron chi connectivity index (χ2n) is 6.22. The van der Waals surface area contributed by atoms with E-state index in [1.807, 2.05) is 6.07 Å². The molecule has 28 heavy (non-hydrogen) atoms. The lowest BCUT2D eigenvalue weighted by atomic mass is 9.95. The Hall–Kier alpha value is -3.75. The monoisotopic (exact) mass is 380 g/mol. The van der Waals surface area contributed by atoms with Gasteiger partial charge in [0.15, 0.2) is 0 Å². The number of amides is 1. The first-order valence-corrected chi connectivity index (χ1v) is 8.54. The minimum absolute atomic E-state index is 0.370. The predicted octanol–water partition coefficient (Wildman–Crippen LogP) is 2.75. The predicted molar refractivity (Wildman–Crippen MR) is 100 cm³/mol. The zero-order valence-electron chi connectivity index (χ0n) is 15.2. The van der Waals surface area contributed by atoms with E-state index in [0.29, 0.717) is 34.2 Å². The third-order valence-electron chi connectivity index (χ3n) is 4.48. The summed E-state index contributed by atoms with van der Waals surface area (Å²) in [6.45, 7) is 1.75. The molecule has 0 saturated heterocycles. The van der Waals surface area contributed by atoms with Gasteiger partial charge in [-0.1, -0.05) is 29.4 Å². The summed E-state index contributed by atoms with van der Waals surface area (Å²) in [7, 11) is 1.53. The molecule has 0 aliphatic carbocycles. The van der Waals surface area contributed by atoms with Gasteiger partial charge >= 0.3 is 0 Å². The SMILES string of the molecule is COc1ccccc1NC(=O)C1=C(C)Nc2nnnn2[C@H]1c1cccc(F)c1. The highest BCUT2D eigenvalue weighted by molar-refractivity contribution is 6.06. The number of allylic oxidation sites excluding steroid dienone is 1. The van der Waals surface area contributed by atoms with E-state index in [-0.39, 0.29) is 5.91 Å². The van der Waals surface area contributed by atoms with Crippen molar-refractivity contribution in [3.63, 3.8) is 0 Å². The number of anilines is 2. The summed E-state index contributed by atoms with van der Waals surface area (Å²) in [5.74, 6) is 0.126. The van der Waals surface area contributed by atoms with Crippen molar-refractivity contribution in [2.24, 2.45) is 0 Å². The van der Waals surface area contributed by atoms with Gasteiger partial charge in [0.05, 0.1) is 18.4 Å². The number of carbonyl (C=O) groups is 1. The van der Waals surface area contributed by atoms with Gasteiger partial charge in [0.25, 0.3) is 5.91 Å². The largest absolute Gasteiger partial charge is 0.495 e. The first-order chi connectivity index (χ1) is 13.6. The molecule has 0 bridgehead atoms. The van der Waals surface area contributed by atoms with Crippen molar-refractivity contribution < 1.29 is 13.9 Å². The Bertz CT molecular complexity index is 1080. The van der Waals surface area contributed by atoms with Crippen LogP contribution in [0.5, 0.6) is 5.75 Å². The molecule has 1 aliphatic rings. The quantitative estimate of drug-likeness (QED) is 0.723. The summed E-state index contributed by atoms with van der Waals surface area (Å²) in [4.78, 5) is 13.2. The Balaban J connectivity index is 1.77. The molecule has 0 spiro atoms. The van der Waals surface area contributed by atoms with Gasteiger partial charge in [0.2, 0.25) is 5.95 Å². The maximum absolute atomic E-state index is 13.9. The molecular weight excluding hydrogens is 363 g/mol. The molecule has 1 atom stereocenters. The van der Waals surface area contributed by atoms with Crippen LogP contribution in [0.2, 0.25) is 0 Å². The van der Waals surface area contributed by atoms with Gasteiger partial charge in [-0.05, 0) is 47.2 Å². The molecule has 9 heteroatoms. The summed E-state index contributed by atoms with van der Waals surface area (Å²) >= 11 is 0. The normalized spacial score (nSPS) is 15.6. The Morgan fingerprint density at radius 2 is 2.07 bits per heavy atom. The number of fused-ring (bicyclic) bond motifs is 1. The number of aromatic nitrogens is 4. The van der Waals surface area contributed by atoms with E-state index in [2.05, 4.69) is 26.2 Å². The number of carbonyl (C=O) groups excluding carboxylic acids is 1. The molecule has 1 aromatic heterocycles. The van der Waals surface area contributed by atoms with Gasteiger partial charge in [-0.3, -0.25) is 4.79 Å². The summed E-state index contributed by atoms with van der Waals surface area (Å²) in [6, 6.07) is 12.4. The van der Waals surface area contributed by atoms with Crippen molar-refractivity contribution in [3.8, 4) is 5.75 Å². The highest BCUT2D eigenvalue weighted by Gasteiger charge is 2.34. The first kappa shape index (κ1) is 17.7. The lowest BCUT2D eigenvalue weighted by molar-refractivity contribution is -0.113. The number of methoxy groups -OCH3 is 1. The van der Waals surface area contributed by atoms with Crippen LogP contribution < -0.4 is 15.4 Å². The van der Waals surface area contributed by atoms with E-state index in [1.165, 1.54) is 23.9 Å². The average molecular weight is 380 g/mol. The fourth-order valence-electron chi connectivity index (χ4n) is 3.23. The van der Waals surface area contributed by atoms with Crippen molar-refractivity contribution in [3.05, 3.63) is 71.2 Å². The van der Waals surface area contributed by atoms with Crippen LogP contribution in [0.25, 0.3) is 0 Å². The molecule has 4 rings (SSSR count). The standard InChI is InChI=1S/C19H17FN6O2/c1-11-16(18(27)22-14-8-3-4-9-15(14)28-2)17(12-6-5-7-13(20)10-12)26-19(21-11)23-24-25-26/h3-10,17H,1-2H3,(H,22,27)(H,21,23,25)/t17-/m0/s1. The van der Waals surface area contributed by atoms with Crippen molar-refractivity contribution >= 4 is 17.5 Å². The minimum atomic E-state index is -0.684. The van der Waals surface area contributed by atoms with E-state index in [0.717, 1.165) is 0 Å². The number of benzene rings is 2. The number of para-hydroxylation sites is 2. The molecule has 2 aromatic carbocycles. The molecule has 0 fully saturated rings. The smallest absolute Gasteiger partial charge is 0.255 e. The van der Waals surface area contributed by atoms with E-state index in [4.69, 9.17) is 4.74 Å². The third kappa shape index (κ3) is 3.07. The number of ether oxygens (including phenoxy) is 1. The number of nitrogens with zero attached hydrogens (tertiary/aromatic N) is 4. The van der Waals surface area contributed by atoms with E-state index >= 15 is 0 Å². The molecule has 1 amide bonds. The molecule has 1 aliphatic heterocycles. The number of nitrogens with one attached hydrogen (secondary N) is 2. The summed E-state index contributed by atoms with van der Waals surface area (Å²) in [5.41, 5.74) is 2.02. The zero-order chi connectivity index (χ0) is 19.7. The van der Waals surface area contributed by atoms with Crippen molar-refractivity contribution in [1.29, 1.82) is 0 Å². The lowest BCUT2D eigenvalue weighted by Crippen LogP contribution is -2.31. The fourth-order valence-corrected chi connectivity index (χ4v) is 3.23. The Morgan fingerprint density at radius 1 is 1.25 bits per heavy atom. The van der Waals surface area contributed by atoms with Gasteiger partial charge in [0.1, 0.15) is 17.6 Å². The highest BCUT2D eigenvalue weighted by Crippen LogP contribution is 2.35. The van der Waals surface area contributed by atoms with Crippen LogP contribution >= 0.6 is 0 Å². The van der Waals surface area contributed by atoms with Crippen molar-refractivity contribution in [2.45, 2.75) is 13.0 Å². The molecule has 2 heterocycles. The van der Waals surface area contributed by atoms with Gasteiger partial charge < -0.3 is 15.4 Å². The molecule has 3 aromatic rings. The first-order valence-electron chi connectivity index (χ1n) is 8.54. The number of tetrazole rings is 1. The molecular formula is C19H17FN6O2. The summed E-state index contributed by atoms with van der Waals surface area (Å²) in [6.07, 6.45) is 0. The Kier molecular flexibility index (Phi) is 4.48. The van der Waals surface area contributed by atoms with Crippen LogP contribution in [-0.2, 0) is 4.79 Å². The Morgan fingerprint density at radius 3 is 2.86 bits per heavy atom. The zero-order valence-corrected chi connectivity index (χ0v) is 15.2. The van der Waals surface area contributed by atoms with Crippen LogP contribution in [0.15, 0.2) is 59.8 Å². The maximum atomic E-state index is 13.9. The van der Waals surface area contributed by atoms with E-state index in [9.17, 15) is 9.18 Å². The third-order valence-corrected chi connectivity index (χ3v) is 4.48. The second kappa shape index (κ2) is 7.10. The lowest BCUT2D eigenvalue weighted by Gasteiger charge is -2.28. The van der Waals surface area contributed by atoms with Crippen molar-refractivity contribution in [1.82, 2.24) is 20.2 Å². The Labute approximate surface area is 160 Å². The highest BCUT2D eigenvalue weighted by atomic mass is 19.1. The fraction of sp³-hybridized carbons (Fsp3) is 0.158. The number of halogens is 1.